The highest BCUT2D eigenvalue weighted by Crippen LogP contribution is 2.22. The molecule has 0 saturated heterocycles. The Labute approximate surface area is 157 Å². The fourth-order valence-corrected chi connectivity index (χ4v) is 2.44. The lowest BCUT2D eigenvalue weighted by Crippen LogP contribution is -2.33. The van der Waals surface area contributed by atoms with Crippen molar-refractivity contribution in [3.63, 3.8) is 0 Å². The van der Waals surface area contributed by atoms with E-state index < -0.39 is 36.9 Å². The van der Waals surface area contributed by atoms with Crippen molar-refractivity contribution in [2.45, 2.75) is 26.4 Å². The molecule has 2 aromatic rings. The van der Waals surface area contributed by atoms with Crippen molar-refractivity contribution in [3.05, 3.63) is 52.5 Å². The number of nitrogens with one attached hydrogen (secondary N) is 2. The number of amides is 2. The van der Waals surface area contributed by atoms with Crippen LogP contribution < -0.4 is 10.6 Å². The van der Waals surface area contributed by atoms with E-state index >= 15 is 0 Å². The third-order valence-electron chi connectivity index (χ3n) is 3.79. The molecule has 0 bridgehead atoms. The van der Waals surface area contributed by atoms with Gasteiger partial charge in [-0.1, -0.05) is 6.07 Å². The number of hydrogen-bond donors (Lipinski definition) is 3. The zero-order valence-corrected chi connectivity index (χ0v) is 14.9. The third-order valence-corrected chi connectivity index (χ3v) is 3.79. The number of carboxylic acids is 1. The number of carbonyl (C=O) groups is 3. The quantitative estimate of drug-likeness (QED) is 0.693. The Morgan fingerprint density at radius 1 is 1.11 bits per heavy atom. The minimum absolute atomic E-state index is 0.0285. The Bertz CT molecular complexity index is 918. The van der Waals surface area contributed by atoms with E-state index in [2.05, 4.69) is 5.32 Å². The van der Waals surface area contributed by atoms with Crippen LogP contribution in [0.2, 0.25) is 0 Å². The molecule has 1 heterocycles. The predicted octanol–water partition coefficient (Wildman–Crippen LogP) is 3.07. The molecule has 0 unspecified atom stereocenters. The fourth-order valence-electron chi connectivity index (χ4n) is 2.44. The van der Waals surface area contributed by atoms with E-state index in [4.69, 9.17) is 9.52 Å². The molecule has 1 aromatic heterocycles. The van der Waals surface area contributed by atoms with Gasteiger partial charge in [-0.15, -0.1) is 0 Å². The van der Waals surface area contributed by atoms with Gasteiger partial charge in [0.25, 0.3) is 11.8 Å². The molecule has 0 atom stereocenters. The highest BCUT2D eigenvalue weighted by Gasteiger charge is 2.28. The summed E-state index contributed by atoms with van der Waals surface area (Å²) in [7, 11) is 0. The maximum Gasteiger partial charge on any atom is 0.405 e. The van der Waals surface area contributed by atoms with Gasteiger partial charge in [-0.05, 0) is 31.5 Å². The van der Waals surface area contributed by atoms with Crippen LogP contribution in [0.25, 0.3) is 0 Å². The molecule has 0 aliphatic carbocycles. The molecule has 1 aromatic carbocycles. The standard InChI is InChI=1S/C18H17F3N2O5/c1-9-3-4-11(16(26)22-8-18(19,20)21)5-12(9)23-17(27)15-10(2)7-28-13(15)6-14(24)25/h3-5,7H,6,8H2,1-2H3,(H,22,26)(H,23,27)(H,24,25). The summed E-state index contributed by atoms with van der Waals surface area (Å²) in [6, 6.07) is 4.04. The van der Waals surface area contributed by atoms with E-state index in [1.807, 2.05) is 0 Å². The first-order valence-electron chi connectivity index (χ1n) is 8.03. The Balaban J connectivity index is 2.22. The van der Waals surface area contributed by atoms with Crippen molar-refractivity contribution >= 4 is 23.5 Å². The maximum absolute atomic E-state index is 12.6. The first-order chi connectivity index (χ1) is 13.0. The van der Waals surface area contributed by atoms with Crippen molar-refractivity contribution in [3.8, 4) is 0 Å². The Kier molecular flexibility index (Phi) is 6.12. The second kappa shape index (κ2) is 8.15. The van der Waals surface area contributed by atoms with Gasteiger partial charge in [-0.2, -0.15) is 13.2 Å². The predicted molar refractivity (Wildman–Crippen MR) is 92.3 cm³/mol. The molecular formula is C18H17F3N2O5. The van der Waals surface area contributed by atoms with E-state index in [1.54, 1.807) is 19.2 Å². The van der Waals surface area contributed by atoms with Crippen LogP contribution >= 0.6 is 0 Å². The zero-order valence-electron chi connectivity index (χ0n) is 14.9. The summed E-state index contributed by atoms with van der Waals surface area (Å²) >= 11 is 0. The molecule has 150 valence electrons. The number of aryl methyl sites for hydroxylation is 2. The number of rotatable bonds is 6. The molecule has 2 rings (SSSR count). The second-order valence-corrected chi connectivity index (χ2v) is 6.07. The average Bonchev–Trinajstić information content (AvgIpc) is 2.93. The fraction of sp³-hybridized carbons (Fsp3) is 0.278. The number of benzene rings is 1. The third kappa shape index (κ3) is 5.35. The summed E-state index contributed by atoms with van der Waals surface area (Å²) in [5.74, 6) is -2.81. The van der Waals surface area contributed by atoms with E-state index in [0.717, 1.165) is 0 Å². The number of halogens is 3. The summed E-state index contributed by atoms with van der Waals surface area (Å²) < 4.78 is 41.9. The van der Waals surface area contributed by atoms with Gasteiger partial charge in [0.15, 0.2) is 0 Å². The molecule has 0 fully saturated rings. The minimum atomic E-state index is -4.54. The first kappa shape index (κ1) is 21.0. The zero-order chi connectivity index (χ0) is 21.1. The Hall–Kier alpha value is -3.30. The normalized spacial score (nSPS) is 11.2. The van der Waals surface area contributed by atoms with E-state index in [-0.39, 0.29) is 22.6 Å². The monoisotopic (exact) mass is 398 g/mol. The highest BCUT2D eigenvalue weighted by atomic mass is 19.4. The van der Waals surface area contributed by atoms with Crippen molar-refractivity contribution in [1.82, 2.24) is 5.32 Å². The first-order valence-corrected chi connectivity index (χ1v) is 8.03. The molecule has 2 amide bonds. The smallest absolute Gasteiger partial charge is 0.405 e. The second-order valence-electron chi connectivity index (χ2n) is 6.07. The van der Waals surface area contributed by atoms with Gasteiger partial charge >= 0.3 is 12.1 Å². The lowest BCUT2D eigenvalue weighted by molar-refractivity contribution is -0.136. The van der Waals surface area contributed by atoms with Crippen LogP contribution in [-0.4, -0.2) is 35.6 Å². The lowest BCUT2D eigenvalue weighted by Gasteiger charge is -2.12. The number of furan rings is 1. The van der Waals surface area contributed by atoms with Gasteiger partial charge in [0, 0.05) is 16.8 Å². The molecule has 0 aliphatic heterocycles. The molecule has 28 heavy (non-hydrogen) atoms. The van der Waals surface area contributed by atoms with E-state index in [0.29, 0.717) is 11.1 Å². The molecule has 0 saturated carbocycles. The molecule has 0 radical (unpaired) electrons. The van der Waals surface area contributed by atoms with Crippen molar-refractivity contribution in [2.24, 2.45) is 0 Å². The summed E-state index contributed by atoms with van der Waals surface area (Å²) in [5, 5.41) is 13.2. The van der Waals surface area contributed by atoms with Crippen LogP contribution in [0.1, 0.15) is 37.6 Å². The Morgan fingerprint density at radius 2 is 1.79 bits per heavy atom. The van der Waals surface area contributed by atoms with E-state index in [1.165, 1.54) is 24.5 Å². The molecule has 7 nitrogen and oxygen atoms in total. The summed E-state index contributed by atoms with van der Waals surface area (Å²) in [6.07, 6.45) is -3.78. The number of alkyl halides is 3. The van der Waals surface area contributed by atoms with Gasteiger partial charge in [-0.3, -0.25) is 14.4 Å². The SMILES string of the molecule is Cc1ccc(C(=O)NCC(F)(F)F)cc1NC(=O)c1c(C)coc1CC(=O)O. The van der Waals surface area contributed by atoms with Crippen LogP contribution in [0.5, 0.6) is 0 Å². The molecular weight excluding hydrogens is 381 g/mol. The highest BCUT2D eigenvalue weighted by molar-refractivity contribution is 6.07. The molecule has 0 aliphatic rings. The number of anilines is 1. The topological polar surface area (TPSA) is 109 Å². The van der Waals surface area contributed by atoms with Gasteiger partial charge in [-0.25, -0.2) is 0 Å². The molecule has 10 heteroatoms. The molecule has 0 spiro atoms. The van der Waals surface area contributed by atoms with Crippen LogP contribution in [0, 0.1) is 13.8 Å². The lowest BCUT2D eigenvalue weighted by atomic mass is 10.1. The van der Waals surface area contributed by atoms with Crippen LogP contribution in [0.15, 0.2) is 28.9 Å². The summed E-state index contributed by atoms with van der Waals surface area (Å²) in [6.45, 7) is 1.72. The summed E-state index contributed by atoms with van der Waals surface area (Å²) in [5.41, 5.74) is 1.16. The number of carboxylic acid groups (broad SMARTS) is 1. The average molecular weight is 398 g/mol. The van der Waals surface area contributed by atoms with Gasteiger partial charge in [0.05, 0.1) is 11.8 Å². The molecule has 3 N–H and O–H groups in total. The van der Waals surface area contributed by atoms with Gasteiger partial charge in [0.2, 0.25) is 0 Å². The van der Waals surface area contributed by atoms with Crippen LogP contribution in [0.4, 0.5) is 18.9 Å². The van der Waals surface area contributed by atoms with Crippen molar-refractivity contribution in [2.75, 3.05) is 11.9 Å². The van der Waals surface area contributed by atoms with Crippen LogP contribution in [-0.2, 0) is 11.2 Å². The minimum Gasteiger partial charge on any atom is -0.481 e. The number of hydrogen-bond acceptors (Lipinski definition) is 4. The van der Waals surface area contributed by atoms with Crippen molar-refractivity contribution in [1.29, 1.82) is 0 Å². The van der Waals surface area contributed by atoms with E-state index in [9.17, 15) is 27.6 Å². The van der Waals surface area contributed by atoms with Crippen molar-refractivity contribution < 1.29 is 37.1 Å². The largest absolute Gasteiger partial charge is 0.481 e. The Morgan fingerprint density at radius 3 is 2.39 bits per heavy atom. The number of aliphatic carboxylic acids is 1. The maximum atomic E-state index is 12.6. The number of carbonyl (C=O) groups excluding carboxylic acids is 2. The summed E-state index contributed by atoms with van der Waals surface area (Å²) in [4.78, 5) is 35.4. The van der Waals surface area contributed by atoms with Gasteiger partial charge in [0.1, 0.15) is 18.7 Å². The van der Waals surface area contributed by atoms with Gasteiger partial charge < -0.3 is 20.2 Å². The van der Waals surface area contributed by atoms with Crippen LogP contribution in [0.3, 0.4) is 0 Å².